The molecule has 2 fully saturated rings. The van der Waals surface area contributed by atoms with Gasteiger partial charge in [-0.15, -0.1) is 0 Å². The van der Waals surface area contributed by atoms with Gasteiger partial charge in [-0.05, 0) is 36.8 Å². The molecule has 6 rings (SSSR count). The highest BCUT2D eigenvalue weighted by atomic mass is 16.1. The van der Waals surface area contributed by atoms with Gasteiger partial charge in [-0.3, -0.25) is 9.69 Å². The van der Waals surface area contributed by atoms with Gasteiger partial charge in [0.1, 0.15) is 0 Å². The molecule has 6 heteroatoms. The highest BCUT2D eigenvalue weighted by Crippen LogP contribution is 2.32. The quantitative estimate of drug-likeness (QED) is 0.265. The van der Waals surface area contributed by atoms with Crippen molar-refractivity contribution in [3.8, 4) is 11.3 Å². The first-order valence-electron chi connectivity index (χ1n) is 15.7. The van der Waals surface area contributed by atoms with E-state index in [0.29, 0.717) is 6.54 Å². The second-order valence-corrected chi connectivity index (χ2v) is 11.9. The molecule has 0 saturated carbocycles. The molecule has 0 unspecified atom stereocenters. The molecule has 1 amide bonds. The topological polar surface area (TPSA) is 51.7 Å². The molecule has 1 N–H and O–H groups in total. The summed E-state index contributed by atoms with van der Waals surface area (Å²) in [5, 5.41) is 9.43. The van der Waals surface area contributed by atoms with Crippen LogP contribution < -0.4 is 5.32 Å². The van der Waals surface area contributed by atoms with Gasteiger partial charge in [-0.2, -0.15) is 0 Å². The number of rotatable bonds is 8. The maximum Gasteiger partial charge on any atom is 0.252 e. The highest BCUT2D eigenvalue weighted by Gasteiger charge is 2.28. The van der Waals surface area contributed by atoms with Crippen LogP contribution in [0.2, 0.25) is 0 Å². The zero-order valence-electron chi connectivity index (χ0n) is 25.0. The smallest absolute Gasteiger partial charge is 0.252 e. The minimum atomic E-state index is -0.0607. The molecule has 2 saturated heterocycles. The van der Waals surface area contributed by atoms with Gasteiger partial charge < -0.3 is 5.32 Å². The molecular weight excluding hydrogens is 518 g/mol. The first-order valence-corrected chi connectivity index (χ1v) is 15.7. The molecular formula is C36H43N5O. The van der Waals surface area contributed by atoms with Gasteiger partial charge in [0.25, 0.3) is 5.91 Å². The van der Waals surface area contributed by atoms with E-state index in [4.69, 9.17) is 4.98 Å². The lowest BCUT2D eigenvalue weighted by Gasteiger charge is -2.43. The summed E-state index contributed by atoms with van der Waals surface area (Å²) in [6, 6.07) is 28.7. The molecule has 3 heterocycles. The molecule has 0 bridgehead atoms. The van der Waals surface area contributed by atoms with E-state index < -0.39 is 0 Å². The number of fused-ring (bicyclic) bond motifs is 1. The van der Waals surface area contributed by atoms with E-state index >= 15 is 0 Å². The van der Waals surface area contributed by atoms with Gasteiger partial charge in [0.15, 0.2) is 0 Å². The molecule has 6 nitrogen and oxygen atoms in total. The normalized spacial score (nSPS) is 18.2. The number of hydrogen-bond donors (Lipinski definition) is 1. The van der Waals surface area contributed by atoms with Crippen LogP contribution in [0.5, 0.6) is 0 Å². The molecule has 0 radical (unpaired) electrons. The van der Waals surface area contributed by atoms with Crippen LogP contribution >= 0.6 is 0 Å². The maximum atomic E-state index is 14.4. The number of hydrogen-bond acceptors (Lipinski definition) is 5. The third kappa shape index (κ3) is 6.26. The molecule has 1 aromatic heterocycles. The third-order valence-electron chi connectivity index (χ3n) is 9.07. The summed E-state index contributed by atoms with van der Waals surface area (Å²) in [6.07, 6.45) is 3.38. The van der Waals surface area contributed by atoms with Crippen molar-refractivity contribution in [2.45, 2.75) is 45.7 Å². The monoisotopic (exact) mass is 561 g/mol. The van der Waals surface area contributed by atoms with Crippen LogP contribution in [-0.4, -0.2) is 65.1 Å². The number of carbonyl (C=O) groups is 1. The predicted molar refractivity (Wildman–Crippen MR) is 171 cm³/mol. The van der Waals surface area contributed by atoms with Crippen LogP contribution in [0.3, 0.4) is 0 Å². The molecule has 0 spiro atoms. The van der Waals surface area contributed by atoms with E-state index in [9.17, 15) is 4.79 Å². The minimum absolute atomic E-state index is 0.0300. The van der Waals surface area contributed by atoms with Crippen LogP contribution in [0.25, 0.3) is 22.2 Å². The van der Waals surface area contributed by atoms with E-state index in [1.54, 1.807) is 0 Å². The van der Waals surface area contributed by atoms with Gasteiger partial charge in [-0.25, -0.2) is 15.0 Å². The lowest BCUT2D eigenvalue weighted by molar-refractivity contribution is -0.0756. The van der Waals surface area contributed by atoms with Gasteiger partial charge in [-0.1, -0.05) is 92.7 Å². The van der Waals surface area contributed by atoms with Crippen LogP contribution in [-0.2, 0) is 6.54 Å². The van der Waals surface area contributed by atoms with E-state index in [2.05, 4.69) is 70.5 Å². The number of carbonyl (C=O) groups excluding carboxylic acids is 1. The van der Waals surface area contributed by atoms with Crippen molar-refractivity contribution < 1.29 is 4.79 Å². The van der Waals surface area contributed by atoms with Crippen molar-refractivity contribution in [3.05, 3.63) is 102 Å². The van der Waals surface area contributed by atoms with Crippen LogP contribution in [0.4, 0.5) is 0 Å². The third-order valence-corrected chi connectivity index (χ3v) is 9.07. The Balaban J connectivity index is 1.34. The van der Waals surface area contributed by atoms with Crippen LogP contribution in [0.1, 0.15) is 60.6 Å². The summed E-state index contributed by atoms with van der Waals surface area (Å²) >= 11 is 0. The van der Waals surface area contributed by atoms with E-state index in [-0.39, 0.29) is 11.9 Å². The van der Waals surface area contributed by atoms with E-state index in [0.717, 1.165) is 90.5 Å². The number of pyridine rings is 1. The fourth-order valence-corrected chi connectivity index (χ4v) is 6.52. The lowest BCUT2D eigenvalue weighted by Crippen LogP contribution is -2.55. The molecule has 2 aliphatic heterocycles. The Labute approximate surface area is 250 Å². The number of amides is 1. The molecule has 3 aromatic carbocycles. The second kappa shape index (κ2) is 13.2. The number of piperazine rings is 1. The standard InChI is InChI=1S/C36H43N5O/c1-3-32(28-12-6-4-7-13-28)38-36(42)34-30-16-10-11-17-33(30)37-35(29-14-8-5-9-15-29)31(34)26-39-22-24-41(25-23-39)40-20-18-27(2)19-21-40/h4-17,27,32H,3,18-26H2,1-2H3,(H,38,42)/t32-/m0/s1. The summed E-state index contributed by atoms with van der Waals surface area (Å²) in [4.78, 5) is 22.0. The summed E-state index contributed by atoms with van der Waals surface area (Å²) in [6.45, 7) is 11.5. The number of benzene rings is 3. The maximum absolute atomic E-state index is 14.4. The minimum Gasteiger partial charge on any atom is -0.345 e. The SMILES string of the molecule is CC[C@H](NC(=O)c1c(CN2CCN(N3CCC(C)CC3)CC2)c(-c2ccccc2)nc2ccccc12)c1ccccc1. The summed E-state index contributed by atoms with van der Waals surface area (Å²) < 4.78 is 0. The Bertz CT molecular complexity index is 1480. The Morgan fingerprint density at radius 1 is 0.833 bits per heavy atom. The Kier molecular flexibility index (Phi) is 8.94. The van der Waals surface area contributed by atoms with E-state index in [1.165, 1.54) is 12.8 Å². The van der Waals surface area contributed by atoms with Crippen molar-refractivity contribution in [2.24, 2.45) is 5.92 Å². The summed E-state index contributed by atoms with van der Waals surface area (Å²) in [5.74, 6) is 0.802. The Hall–Kier alpha value is -3.58. The number of hydrazine groups is 1. The second-order valence-electron chi connectivity index (χ2n) is 11.9. The van der Waals surface area contributed by atoms with Crippen LogP contribution in [0, 0.1) is 5.92 Å². The van der Waals surface area contributed by atoms with Crippen molar-refractivity contribution in [3.63, 3.8) is 0 Å². The number of nitrogens with one attached hydrogen (secondary N) is 1. The first-order chi connectivity index (χ1) is 20.6. The fourth-order valence-electron chi connectivity index (χ4n) is 6.52. The van der Waals surface area contributed by atoms with Crippen molar-refractivity contribution >= 4 is 16.8 Å². The molecule has 42 heavy (non-hydrogen) atoms. The fraction of sp³-hybridized carbons (Fsp3) is 0.389. The van der Waals surface area contributed by atoms with Gasteiger partial charge in [0, 0.05) is 62.3 Å². The van der Waals surface area contributed by atoms with Crippen molar-refractivity contribution in [1.82, 2.24) is 25.2 Å². The largest absolute Gasteiger partial charge is 0.345 e. The molecule has 0 aliphatic carbocycles. The summed E-state index contributed by atoms with van der Waals surface area (Å²) in [7, 11) is 0. The zero-order valence-corrected chi connectivity index (χ0v) is 25.0. The number of piperidine rings is 1. The Morgan fingerprint density at radius 3 is 2.14 bits per heavy atom. The highest BCUT2D eigenvalue weighted by molar-refractivity contribution is 6.09. The first kappa shape index (κ1) is 28.5. The Morgan fingerprint density at radius 2 is 1.45 bits per heavy atom. The summed E-state index contributed by atoms with van der Waals surface area (Å²) in [5.41, 5.74) is 5.69. The zero-order chi connectivity index (χ0) is 28.9. The average Bonchev–Trinajstić information content (AvgIpc) is 3.04. The molecule has 2 aliphatic rings. The molecule has 218 valence electrons. The van der Waals surface area contributed by atoms with Crippen LogP contribution in [0.15, 0.2) is 84.9 Å². The van der Waals surface area contributed by atoms with Gasteiger partial charge in [0.2, 0.25) is 0 Å². The molecule has 1 atom stereocenters. The predicted octanol–water partition coefficient (Wildman–Crippen LogP) is 6.55. The number of aromatic nitrogens is 1. The lowest BCUT2D eigenvalue weighted by atomic mass is 9.94. The van der Waals surface area contributed by atoms with Crippen molar-refractivity contribution in [1.29, 1.82) is 0 Å². The van der Waals surface area contributed by atoms with Gasteiger partial charge in [0.05, 0.1) is 22.8 Å². The molecule has 4 aromatic rings. The average molecular weight is 562 g/mol. The number of nitrogens with zero attached hydrogens (tertiary/aromatic N) is 4. The van der Waals surface area contributed by atoms with Crippen molar-refractivity contribution in [2.75, 3.05) is 39.3 Å². The number of para-hydroxylation sites is 1. The van der Waals surface area contributed by atoms with Gasteiger partial charge >= 0.3 is 0 Å². The van der Waals surface area contributed by atoms with E-state index in [1.807, 2.05) is 48.5 Å².